The van der Waals surface area contributed by atoms with Gasteiger partial charge >= 0.3 is 0 Å². The Morgan fingerprint density at radius 1 is 1.27 bits per heavy atom. The molecule has 0 aromatic heterocycles. The predicted molar refractivity (Wildman–Crippen MR) is 96.4 cm³/mol. The molecule has 0 aliphatic rings. The molecular formula is C17H19ClN2OS. The molecular weight excluding hydrogens is 316 g/mol. The molecule has 0 spiro atoms. The highest BCUT2D eigenvalue weighted by molar-refractivity contribution is 7.80. The van der Waals surface area contributed by atoms with Gasteiger partial charge in [-0.15, -0.1) is 0 Å². The van der Waals surface area contributed by atoms with E-state index < -0.39 is 5.60 Å². The summed E-state index contributed by atoms with van der Waals surface area (Å²) < 4.78 is 0. The molecule has 0 saturated carbocycles. The van der Waals surface area contributed by atoms with E-state index in [1.54, 1.807) is 24.0 Å². The van der Waals surface area contributed by atoms with Crippen LogP contribution in [0, 0.1) is 0 Å². The molecule has 1 atom stereocenters. The van der Waals surface area contributed by atoms with Gasteiger partial charge in [0, 0.05) is 22.8 Å². The van der Waals surface area contributed by atoms with Gasteiger partial charge in [0.05, 0.1) is 0 Å². The summed E-state index contributed by atoms with van der Waals surface area (Å²) in [6, 6.07) is 14.8. The van der Waals surface area contributed by atoms with Crippen molar-refractivity contribution < 1.29 is 5.11 Å². The maximum Gasteiger partial charge on any atom is 0.170 e. The maximum absolute atomic E-state index is 11.1. The quantitative estimate of drug-likeness (QED) is 0.838. The van der Waals surface area contributed by atoms with E-state index in [4.69, 9.17) is 29.6 Å². The van der Waals surface area contributed by atoms with Gasteiger partial charge in [0.15, 0.2) is 5.11 Å². The van der Waals surface area contributed by atoms with Crippen LogP contribution in [0.3, 0.4) is 0 Å². The summed E-state index contributed by atoms with van der Waals surface area (Å²) in [7, 11) is 0. The fraction of sp³-hybridized carbons (Fsp3) is 0.235. The molecule has 116 valence electrons. The molecule has 3 N–H and O–H groups in total. The summed E-state index contributed by atoms with van der Waals surface area (Å²) in [5.41, 5.74) is 6.80. The van der Waals surface area contributed by atoms with E-state index in [1.165, 1.54) is 0 Å². The number of aliphatic hydroxyl groups is 1. The van der Waals surface area contributed by atoms with Crippen LogP contribution in [-0.4, -0.2) is 16.8 Å². The smallest absolute Gasteiger partial charge is 0.170 e. The van der Waals surface area contributed by atoms with Crippen LogP contribution in [0.25, 0.3) is 0 Å². The first kappa shape index (κ1) is 16.7. The summed E-state index contributed by atoms with van der Waals surface area (Å²) in [6.45, 7) is 4.30. The highest BCUT2D eigenvalue weighted by atomic mass is 35.5. The van der Waals surface area contributed by atoms with Crippen molar-refractivity contribution in [3.63, 3.8) is 0 Å². The van der Waals surface area contributed by atoms with Gasteiger partial charge in [-0.1, -0.05) is 41.9 Å². The van der Waals surface area contributed by atoms with E-state index in [2.05, 4.69) is 0 Å². The molecule has 1 unspecified atom stereocenters. The van der Waals surface area contributed by atoms with Crippen molar-refractivity contribution in [2.24, 2.45) is 5.73 Å². The second-order valence-corrected chi connectivity index (χ2v) is 6.04. The van der Waals surface area contributed by atoms with Gasteiger partial charge in [0.25, 0.3) is 0 Å². The van der Waals surface area contributed by atoms with Crippen LogP contribution in [-0.2, 0) is 5.60 Å². The molecule has 0 aliphatic carbocycles. The predicted octanol–water partition coefficient (Wildman–Crippen LogP) is 3.67. The normalized spacial score (nSPS) is 13.5. The summed E-state index contributed by atoms with van der Waals surface area (Å²) >= 11 is 11.3. The van der Waals surface area contributed by atoms with Crippen LogP contribution in [0.1, 0.15) is 25.0 Å². The number of thiocarbonyl (C=S) groups is 1. The number of hydrogen-bond acceptors (Lipinski definition) is 2. The second-order valence-electron chi connectivity index (χ2n) is 5.18. The minimum Gasteiger partial charge on any atom is -0.381 e. The summed E-state index contributed by atoms with van der Waals surface area (Å²) in [4.78, 5) is 1.78. The van der Waals surface area contributed by atoms with E-state index >= 15 is 0 Å². The highest BCUT2D eigenvalue weighted by Crippen LogP contribution is 2.37. The maximum atomic E-state index is 11.1. The number of hydrogen-bond donors (Lipinski definition) is 2. The van der Waals surface area contributed by atoms with Crippen LogP contribution >= 0.6 is 23.8 Å². The van der Waals surface area contributed by atoms with Crippen molar-refractivity contribution in [2.45, 2.75) is 19.4 Å². The number of anilines is 1. The van der Waals surface area contributed by atoms with Crippen molar-refractivity contribution in [1.82, 2.24) is 0 Å². The highest BCUT2D eigenvalue weighted by Gasteiger charge is 2.30. The lowest BCUT2D eigenvalue weighted by Crippen LogP contribution is -2.37. The van der Waals surface area contributed by atoms with E-state index in [0.29, 0.717) is 17.1 Å². The Hall–Kier alpha value is -1.62. The molecule has 0 radical (unpaired) electrons. The molecule has 22 heavy (non-hydrogen) atoms. The van der Waals surface area contributed by atoms with Crippen molar-refractivity contribution >= 4 is 34.6 Å². The fourth-order valence-electron chi connectivity index (χ4n) is 2.50. The Kier molecular flexibility index (Phi) is 5.06. The molecule has 3 nitrogen and oxygen atoms in total. The second kappa shape index (κ2) is 6.65. The van der Waals surface area contributed by atoms with E-state index in [1.807, 2.05) is 43.3 Å². The Balaban J connectivity index is 2.63. The Morgan fingerprint density at radius 2 is 1.91 bits per heavy atom. The van der Waals surface area contributed by atoms with E-state index in [0.717, 1.165) is 11.3 Å². The third-order valence-electron chi connectivity index (χ3n) is 3.69. The van der Waals surface area contributed by atoms with Gasteiger partial charge in [-0.2, -0.15) is 0 Å². The number of rotatable bonds is 4. The SMILES string of the molecule is CCN(C(N)=S)c1ccc(Cl)cc1C(C)(O)c1ccccc1. The van der Waals surface area contributed by atoms with Crippen LogP contribution < -0.4 is 10.6 Å². The lowest BCUT2D eigenvalue weighted by molar-refractivity contribution is 0.103. The van der Waals surface area contributed by atoms with E-state index in [9.17, 15) is 5.11 Å². The first-order chi connectivity index (χ1) is 10.4. The molecule has 0 heterocycles. The molecule has 0 fully saturated rings. The summed E-state index contributed by atoms with van der Waals surface area (Å²) in [5.74, 6) is 0. The Morgan fingerprint density at radius 3 is 2.45 bits per heavy atom. The topological polar surface area (TPSA) is 49.5 Å². The molecule has 0 saturated heterocycles. The summed E-state index contributed by atoms with van der Waals surface area (Å²) in [6.07, 6.45) is 0. The van der Waals surface area contributed by atoms with Gasteiger partial charge < -0.3 is 15.7 Å². The number of nitrogens with two attached hydrogens (primary N) is 1. The van der Waals surface area contributed by atoms with Gasteiger partial charge in [-0.3, -0.25) is 0 Å². The first-order valence-electron chi connectivity index (χ1n) is 7.02. The molecule has 2 rings (SSSR count). The van der Waals surface area contributed by atoms with Crippen LogP contribution in [0.5, 0.6) is 0 Å². The van der Waals surface area contributed by atoms with Crippen LogP contribution in [0.15, 0.2) is 48.5 Å². The van der Waals surface area contributed by atoms with E-state index in [-0.39, 0.29) is 5.11 Å². The average molecular weight is 335 g/mol. The minimum absolute atomic E-state index is 0.259. The molecule has 0 bridgehead atoms. The van der Waals surface area contributed by atoms with Gasteiger partial charge in [0.1, 0.15) is 5.60 Å². The Bertz CT molecular complexity index is 674. The van der Waals surface area contributed by atoms with Crippen molar-refractivity contribution in [2.75, 3.05) is 11.4 Å². The molecule has 0 aliphatic heterocycles. The summed E-state index contributed by atoms with van der Waals surface area (Å²) in [5, 5.41) is 11.9. The average Bonchev–Trinajstić information content (AvgIpc) is 2.50. The lowest BCUT2D eigenvalue weighted by atomic mass is 9.87. The minimum atomic E-state index is -1.21. The zero-order valence-corrected chi connectivity index (χ0v) is 14.2. The van der Waals surface area contributed by atoms with Crippen molar-refractivity contribution in [3.05, 3.63) is 64.7 Å². The van der Waals surface area contributed by atoms with Gasteiger partial charge in [0.2, 0.25) is 0 Å². The lowest BCUT2D eigenvalue weighted by Gasteiger charge is -2.31. The number of halogens is 1. The van der Waals surface area contributed by atoms with Gasteiger partial charge in [-0.25, -0.2) is 0 Å². The first-order valence-corrected chi connectivity index (χ1v) is 7.81. The zero-order chi connectivity index (χ0) is 16.3. The third-order valence-corrected chi connectivity index (χ3v) is 4.15. The van der Waals surface area contributed by atoms with Crippen LogP contribution in [0.2, 0.25) is 5.02 Å². The molecule has 2 aromatic carbocycles. The Labute approximate surface area is 141 Å². The third kappa shape index (κ3) is 3.24. The fourth-order valence-corrected chi connectivity index (χ4v) is 2.90. The zero-order valence-electron chi connectivity index (χ0n) is 12.6. The largest absolute Gasteiger partial charge is 0.381 e. The van der Waals surface area contributed by atoms with Crippen LogP contribution in [0.4, 0.5) is 5.69 Å². The van der Waals surface area contributed by atoms with Gasteiger partial charge in [-0.05, 0) is 49.8 Å². The molecule has 0 amide bonds. The monoisotopic (exact) mass is 334 g/mol. The van der Waals surface area contributed by atoms with Crippen molar-refractivity contribution in [3.8, 4) is 0 Å². The standard InChI is InChI=1S/C17H19ClN2OS/c1-3-20(16(19)22)15-10-9-13(18)11-14(15)17(2,21)12-7-5-4-6-8-12/h4-11,21H,3H2,1-2H3,(H2,19,22). The number of benzene rings is 2. The molecule has 5 heteroatoms. The van der Waals surface area contributed by atoms with Crippen molar-refractivity contribution in [1.29, 1.82) is 0 Å². The molecule has 2 aromatic rings. The number of nitrogens with zero attached hydrogens (tertiary/aromatic N) is 1.